The van der Waals surface area contributed by atoms with Gasteiger partial charge in [0.05, 0.1) is 7.11 Å². The minimum Gasteiger partial charge on any atom is -0.464 e. The van der Waals surface area contributed by atoms with E-state index in [9.17, 15) is 13.6 Å². The molecule has 1 aliphatic heterocycles. The lowest BCUT2D eigenvalue weighted by molar-refractivity contribution is -0.231. The maximum atomic E-state index is 13.3. The first-order chi connectivity index (χ1) is 6.00. The molecule has 0 aromatic rings. The third kappa shape index (κ3) is 1.30. The van der Waals surface area contributed by atoms with E-state index in [0.717, 1.165) is 14.2 Å². The molecule has 0 unspecified atom stereocenters. The summed E-state index contributed by atoms with van der Waals surface area (Å²) in [5, 5.41) is 2.63. The Morgan fingerprint density at radius 2 is 2.00 bits per heavy atom. The van der Waals surface area contributed by atoms with Gasteiger partial charge in [-0.15, -0.1) is 0 Å². The summed E-state index contributed by atoms with van der Waals surface area (Å²) >= 11 is 0. The minimum atomic E-state index is -3.60. The van der Waals surface area contributed by atoms with Crippen molar-refractivity contribution in [1.82, 2.24) is 5.32 Å². The van der Waals surface area contributed by atoms with E-state index in [1.165, 1.54) is 0 Å². The lowest BCUT2D eigenvalue weighted by Gasteiger charge is -2.44. The quantitative estimate of drug-likeness (QED) is 0.633. The Hall–Kier alpha value is -0.750. The molecule has 0 amide bonds. The molecule has 0 radical (unpaired) electrons. The first-order valence-corrected chi connectivity index (χ1v) is 3.72. The third-order valence-electron chi connectivity index (χ3n) is 2.23. The number of rotatable bonds is 3. The number of methoxy groups -OCH3 is 2. The topological polar surface area (TPSA) is 47.6 Å². The van der Waals surface area contributed by atoms with Crippen LogP contribution in [0, 0.1) is 0 Å². The number of ether oxygens (including phenoxy) is 2. The number of hydrogen-bond donors (Lipinski definition) is 1. The van der Waals surface area contributed by atoms with Crippen LogP contribution in [0.1, 0.15) is 0 Å². The third-order valence-corrected chi connectivity index (χ3v) is 2.23. The number of esters is 1. The number of nitrogens with one attached hydrogen (secondary N) is 1. The second kappa shape index (κ2) is 3.19. The standard InChI is InChI=1S/C7H11F2NO3/c1-12-5(11)7(8,9)6(13-2)3-10-4-6/h10H,3-4H2,1-2H3. The van der Waals surface area contributed by atoms with Gasteiger partial charge in [-0.25, -0.2) is 4.79 Å². The van der Waals surface area contributed by atoms with Gasteiger partial charge in [0.15, 0.2) is 5.60 Å². The second-order valence-electron chi connectivity index (χ2n) is 2.87. The molecule has 0 saturated carbocycles. The SMILES string of the molecule is COC(=O)C(F)(F)C1(OC)CNC1. The van der Waals surface area contributed by atoms with Crippen LogP contribution in [0.2, 0.25) is 0 Å². The molecule has 1 aliphatic rings. The summed E-state index contributed by atoms with van der Waals surface area (Å²) in [5.74, 6) is -5.15. The van der Waals surface area contributed by atoms with Crippen LogP contribution in [0.3, 0.4) is 0 Å². The van der Waals surface area contributed by atoms with Gasteiger partial charge in [0, 0.05) is 20.2 Å². The van der Waals surface area contributed by atoms with Crippen LogP contribution in [0.25, 0.3) is 0 Å². The van der Waals surface area contributed by atoms with E-state index in [-0.39, 0.29) is 13.1 Å². The number of carbonyl (C=O) groups is 1. The highest BCUT2D eigenvalue weighted by atomic mass is 19.3. The molecule has 4 nitrogen and oxygen atoms in total. The molecule has 0 aromatic heterocycles. The predicted molar refractivity (Wildman–Crippen MR) is 39.6 cm³/mol. The summed E-state index contributed by atoms with van der Waals surface area (Å²) in [4.78, 5) is 10.8. The Morgan fingerprint density at radius 3 is 2.23 bits per heavy atom. The summed E-state index contributed by atoms with van der Waals surface area (Å²) in [6.07, 6.45) is 0. The molecule has 0 spiro atoms. The van der Waals surface area contributed by atoms with Crippen LogP contribution in [-0.4, -0.2) is 44.8 Å². The monoisotopic (exact) mass is 195 g/mol. The second-order valence-corrected chi connectivity index (χ2v) is 2.87. The zero-order valence-electron chi connectivity index (χ0n) is 7.39. The van der Waals surface area contributed by atoms with Crippen LogP contribution in [-0.2, 0) is 14.3 Å². The van der Waals surface area contributed by atoms with Gasteiger partial charge in [-0.05, 0) is 0 Å². The largest absolute Gasteiger partial charge is 0.464 e. The Kier molecular flexibility index (Phi) is 2.53. The highest BCUT2D eigenvalue weighted by molar-refractivity contribution is 5.79. The molecule has 0 aromatic carbocycles. The fourth-order valence-electron chi connectivity index (χ4n) is 1.16. The Labute approximate surface area is 74.2 Å². The van der Waals surface area contributed by atoms with Crippen molar-refractivity contribution < 1.29 is 23.0 Å². The molecule has 0 aliphatic carbocycles. The summed E-state index contributed by atoms with van der Waals surface area (Å²) in [6, 6.07) is 0. The fourth-order valence-corrected chi connectivity index (χ4v) is 1.16. The molecule has 1 fully saturated rings. The zero-order valence-corrected chi connectivity index (χ0v) is 7.39. The molecular weight excluding hydrogens is 184 g/mol. The maximum absolute atomic E-state index is 13.3. The van der Waals surface area contributed by atoms with E-state index in [1.807, 2.05) is 0 Å². The number of hydrogen-bond acceptors (Lipinski definition) is 4. The van der Waals surface area contributed by atoms with Gasteiger partial charge < -0.3 is 14.8 Å². The van der Waals surface area contributed by atoms with Crippen molar-refractivity contribution in [1.29, 1.82) is 0 Å². The smallest absolute Gasteiger partial charge is 0.380 e. The molecule has 1 N–H and O–H groups in total. The molecule has 13 heavy (non-hydrogen) atoms. The van der Waals surface area contributed by atoms with E-state index in [4.69, 9.17) is 0 Å². The van der Waals surface area contributed by atoms with E-state index in [1.54, 1.807) is 0 Å². The summed E-state index contributed by atoms with van der Waals surface area (Å²) in [5.41, 5.74) is -1.74. The summed E-state index contributed by atoms with van der Waals surface area (Å²) in [7, 11) is 2.07. The summed E-state index contributed by atoms with van der Waals surface area (Å²) in [6.45, 7) is -0.1000. The minimum absolute atomic E-state index is 0.0500. The molecule has 1 saturated heterocycles. The average Bonchev–Trinajstić information content (AvgIpc) is 2.01. The molecule has 1 heterocycles. The van der Waals surface area contributed by atoms with Gasteiger partial charge >= 0.3 is 11.9 Å². The first kappa shape index (κ1) is 10.3. The Bertz CT molecular complexity index is 210. The van der Waals surface area contributed by atoms with Gasteiger partial charge in [-0.3, -0.25) is 0 Å². The number of alkyl halides is 2. The maximum Gasteiger partial charge on any atom is 0.380 e. The van der Waals surface area contributed by atoms with Crippen molar-refractivity contribution in [3.05, 3.63) is 0 Å². The van der Waals surface area contributed by atoms with Gasteiger partial charge in [0.25, 0.3) is 0 Å². The summed E-state index contributed by atoms with van der Waals surface area (Å²) < 4.78 is 35.2. The van der Waals surface area contributed by atoms with Crippen LogP contribution in [0.5, 0.6) is 0 Å². The van der Waals surface area contributed by atoms with E-state index >= 15 is 0 Å². The number of halogens is 2. The highest BCUT2D eigenvalue weighted by Crippen LogP contribution is 2.35. The normalized spacial score (nSPS) is 20.6. The van der Waals surface area contributed by atoms with Crippen LogP contribution < -0.4 is 5.32 Å². The molecule has 0 bridgehead atoms. The average molecular weight is 195 g/mol. The molecule has 6 heteroatoms. The van der Waals surface area contributed by atoms with Crippen molar-refractivity contribution >= 4 is 5.97 Å². The van der Waals surface area contributed by atoms with Gasteiger partial charge in [-0.1, -0.05) is 0 Å². The molecule has 76 valence electrons. The molecule has 1 rings (SSSR count). The Morgan fingerprint density at radius 1 is 1.46 bits per heavy atom. The highest BCUT2D eigenvalue weighted by Gasteiger charge is 2.64. The van der Waals surface area contributed by atoms with E-state index in [2.05, 4.69) is 14.8 Å². The Balaban J connectivity index is 2.83. The lowest BCUT2D eigenvalue weighted by atomic mass is 9.89. The van der Waals surface area contributed by atoms with E-state index in [0.29, 0.717) is 0 Å². The van der Waals surface area contributed by atoms with Crippen LogP contribution in [0.4, 0.5) is 8.78 Å². The molecule has 0 atom stereocenters. The lowest BCUT2D eigenvalue weighted by Crippen LogP contribution is -2.72. The predicted octanol–water partition coefficient (Wildman–Crippen LogP) is -0.217. The fraction of sp³-hybridized carbons (Fsp3) is 0.857. The van der Waals surface area contributed by atoms with Gasteiger partial charge in [-0.2, -0.15) is 8.78 Å². The van der Waals surface area contributed by atoms with Crippen LogP contribution in [0.15, 0.2) is 0 Å². The zero-order chi connectivity index (χ0) is 10.1. The van der Waals surface area contributed by atoms with E-state index < -0.39 is 17.5 Å². The van der Waals surface area contributed by atoms with Crippen molar-refractivity contribution in [3.8, 4) is 0 Å². The van der Waals surface area contributed by atoms with Crippen molar-refractivity contribution in [2.75, 3.05) is 27.3 Å². The van der Waals surface area contributed by atoms with Gasteiger partial charge in [0.2, 0.25) is 0 Å². The van der Waals surface area contributed by atoms with Crippen molar-refractivity contribution in [3.63, 3.8) is 0 Å². The van der Waals surface area contributed by atoms with Crippen LogP contribution >= 0.6 is 0 Å². The van der Waals surface area contributed by atoms with Crippen molar-refractivity contribution in [2.24, 2.45) is 0 Å². The first-order valence-electron chi connectivity index (χ1n) is 3.72. The molecular formula is C7H11F2NO3. The van der Waals surface area contributed by atoms with Crippen molar-refractivity contribution in [2.45, 2.75) is 11.5 Å². The number of carbonyl (C=O) groups excluding carboxylic acids is 1. The van der Waals surface area contributed by atoms with Gasteiger partial charge in [0.1, 0.15) is 0 Å².